The predicted octanol–water partition coefficient (Wildman–Crippen LogP) is 0.00530. The summed E-state index contributed by atoms with van der Waals surface area (Å²) in [6, 6.07) is 0. The Bertz CT molecular complexity index is 173. The maximum absolute atomic E-state index is 10.7. The number of methoxy groups -OCH3 is 1. The first-order valence-electron chi connectivity index (χ1n) is 3.91. The highest BCUT2D eigenvalue weighted by Crippen LogP contribution is 1.96. The molecule has 12 heavy (non-hydrogen) atoms. The van der Waals surface area contributed by atoms with Gasteiger partial charge in [-0.25, -0.2) is 4.79 Å². The molecule has 4 nitrogen and oxygen atoms in total. The van der Waals surface area contributed by atoms with Crippen LogP contribution in [0.15, 0.2) is 12.3 Å². The van der Waals surface area contributed by atoms with Crippen molar-refractivity contribution in [3.63, 3.8) is 0 Å². The second-order valence-corrected chi connectivity index (χ2v) is 2.49. The molecule has 0 amide bonds. The Morgan fingerprint density at radius 2 is 2.17 bits per heavy atom. The van der Waals surface area contributed by atoms with E-state index in [0.717, 1.165) is 26.3 Å². The number of carbonyl (C=O) groups excluding carboxylic acids is 1. The van der Waals surface area contributed by atoms with Gasteiger partial charge in [-0.3, -0.25) is 0 Å². The molecule has 0 aliphatic carbocycles. The van der Waals surface area contributed by atoms with Crippen molar-refractivity contribution in [2.75, 3.05) is 33.4 Å². The van der Waals surface area contributed by atoms with Gasteiger partial charge in [-0.15, -0.1) is 0 Å². The Morgan fingerprint density at radius 1 is 1.50 bits per heavy atom. The van der Waals surface area contributed by atoms with E-state index in [9.17, 15) is 4.79 Å². The molecular formula is C8H13NO3. The molecule has 0 spiro atoms. The molecule has 0 N–H and O–H groups in total. The molecule has 4 heteroatoms. The molecule has 1 aliphatic rings. The van der Waals surface area contributed by atoms with Gasteiger partial charge in [-0.05, 0) is 0 Å². The molecule has 1 fully saturated rings. The van der Waals surface area contributed by atoms with Gasteiger partial charge in [-0.2, -0.15) is 0 Å². The number of ether oxygens (including phenoxy) is 2. The van der Waals surface area contributed by atoms with Crippen LogP contribution in [0.5, 0.6) is 0 Å². The van der Waals surface area contributed by atoms with Crippen LogP contribution in [0, 0.1) is 0 Å². The molecule has 1 aliphatic heterocycles. The smallest absolute Gasteiger partial charge is 0.331 e. The van der Waals surface area contributed by atoms with E-state index in [-0.39, 0.29) is 5.97 Å². The highest BCUT2D eigenvalue weighted by atomic mass is 16.5. The lowest BCUT2D eigenvalue weighted by atomic mass is 10.4. The van der Waals surface area contributed by atoms with Crippen molar-refractivity contribution < 1.29 is 14.3 Å². The third-order valence-electron chi connectivity index (χ3n) is 1.67. The highest BCUT2D eigenvalue weighted by Gasteiger charge is 2.05. The van der Waals surface area contributed by atoms with Crippen LogP contribution in [-0.4, -0.2) is 44.3 Å². The van der Waals surface area contributed by atoms with Crippen molar-refractivity contribution in [1.82, 2.24) is 4.90 Å². The SMILES string of the molecule is COC(=O)/C=C/N1CCOCC1. The van der Waals surface area contributed by atoms with Gasteiger partial charge in [0, 0.05) is 25.4 Å². The number of hydrogen-bond acceptors (Lipinski definition) is 4. The molecule has 0 aromatic carbocycles. The van der Waals surface area contributed by atoms with Crippen LogP contribution in [0.3, 0.4) is 0 Å². The molecule has 1 rings (SSSR count). The average molecular weight is 171 g/mol. The number of nitrogens with zero attached hydrogens (tertiary/aromatic N) is 1. The van der Waals surface area contributed by atoms with Crippen LogP contribution < -0.4 is 0 Å². The summed E-state index contributed by atoms with van der Waals surface area (Å²) >= 11 is 0. The fourth-order valence-corrected chi connectivity index (χ4v) is 0.961. The highest BCUT2D eigenvalue weighted by molar-refractivity contribution is 5.81. The fraction of sp³-hybridized carbons (Fsp3) is 0.625. The monoisotopic (exact) mass is 171 g/mol. The van der Waals surface area contributed by atoms with Crippen molar-refractivity contribution >= 4 is 5.97 Å². The number of morpholine rings is 1. The van der Waals surface area contributed by atoms with Gasteiger partial charge >= 0.3 is 5.97 Å². The molecule has 0 bridgehead atoms. The Kier molecular flexibility index (Phi) is 3.60. The van der Waals surface area contributed by atoms with Gasteiger partial charge in [0.25, 0.3) is 0 Å². The molecule has 1 saturated heterocycles. The van der Waals surface area contributed by atoms with E-state index >= 15 is 0 Å². The van der Waals surface area contributed by atoms with Crippen LogP contribution >= 0.6 is 0 Å². The molecule has 0 saturated carbocycles. The largest absolute Gasteiger partial charge is 0.466 e. The molecular weight excluding hydrogens is 158 g/mol. The quantitative estimate of drug-likeness (QED) is 0.433. The van der Waals surface area contributed by atoms with Crippen LogP contribution in [0.1, 0.15) is 0 Å². The zero-order chi connectivity index (χ0) is 8.81. The third kappa shape index (κ3) is 2.92. The third-order valence-corrected chi connectivity index (χ3v) is 1.67. The summed E-state index contributed by atoms with van der Waals surface area (Å²) in [5.74, 6) is -0.318. The fourth-order valence-electron chi connectivity index (χ4n) is 0.961. The van der Waals surface area contributed by atoms with Gasteiger partial charge in [0.2, 0.25) is 0 Å². The minimum atomic E-state index is -0.318. The number of esters is 1. The summed E-state index contributed by atoms with van der Waals surface area (Å²) in [7, 11) is 1.37. The molecule has 0 radical (unpaired) electrons. The minimum absolute atomic E-state index is 0.318. The van der Waals surface area contributed by atoms with Gasteiger partial charge in [0.05, 0.1) is 20.3 Å². The van der Waals surface area contributed by atoms with Crippen molar-refractivity contribution in [3.8, 4) is 0 Å². The molecule has 0 aromatic heterocycles. The summed E-state index contributed by atoms with van der Waals surface area (Å²) in [6.07, 6.45) is 3.17. The molecule has 68 valence electrons. The second kappa shape index (κ2) is 4.77. The molecule has 0 atom stereocenters. The van der Waals surface area contributed by atoms with Gasteiger partial charge in [0.1, 0.15) is 0 Å². The first-order valence-corrected chi connectivity index (χ1v) is 3.91. The van der Waals surface area contributed by atoms with Crippen LogP contribution in [0.25, 0.3) is 0 Å². The van der Waals surface area contributed by atoms with Crippen LogP contribution in [-0.2, 0) is 14.3 Å². The topological polar surface area (TPSA) is 38.8 Å². The molecule has 0 aromatic rings. The lowest BCUT2D eigenvalue weighted by molar-refractivity contribution is -0.134. The van der Waals surface area contributed by atoms with E-state index in [0.29, 0.717) is 0 Å². The van der Waals surface area contributed by atoms with E-state index in [4.69, 9.17) is 4.74 Å². The number of carbonyl (C=O) groups is 1. The first-order chi connectivity index (χ1) is 5.83. The average Bonchev–Trinajstić information content (AvgIpc) is 2.16. The van der Waals surface area contributed by atoms with Gasteiger partial charge in [-0.1, -0.05) is 0 Å². The van der Waals surface area contributed by atoms with Crippen molar-refractivity contribution in [3.05, 3.63) is 12.3 Å². The van der Waals surface area contributed by atoms with Gasteiger partial charge in [0.15, 0.2) is 0 Å². The second-order valence-electron chi connectivity index (χ2n) is 2.49. The summed E-state index contributed by atoms with van der Waals surface area (Å²) in [5, 5.41) is 0. The Balaban J connectivity index is 2.28. The maximum atomic E-state index is 10.7. The van der Waals surface area contributed by atoms with Crippen molar-refractivity contribution in [2.45, 2.75) is 0 Å². The lowest BCUT2D eigenvalue weighted by Gasteiger charge is -2.24. The molecule has 0 unspecified atom stereocenters. The zero-order valence-corrected chi connectivity index (χ0v) is 7.16. The first kappa shape index (κ1) is 9.06. The minimum Gasteiger partial charge on any atom is -0.466 e. The van der Waals surface area contributed by atoms with E-state index in [1.807, 2.05) is 4.90 Å². The van der Waals surface area contributed by atoms with E-state index in [2.05, 4.69) is 4.74 Å². The van der Waals surface area contributed by atoms with Crippen LogP contribution in [0.4, 0.5) is 0 Å². The summed E-state index contributed by atoms with van der Waals surface area (Å²) in [5.41, 5.74) is 0. The Labute approximate surface area is 71.7 Å². The predicted molar refractivity (Wildman–Crippen MR) is 43.5 cm³/mol. The van der Waals surface area contributed by atoms with E-state index in [1.54, 1.807) is 6.20 Å². The van der Waals surface area contributed by atoms with E-state index < -0.39 is 0 Å². The Morgan fingerprint density at radius 3 is 2.75 bits per heavy atom. The van der Waals surface area contributed by atoms with Crippen molar-refractivity contribution in [1.29, 1.82) is 0 Å². The summed E-state index contributed by atoms with van der Waals surface area (Å²) < 4.78 is 9.60. The number of hydrogen-bond donors (Lipinski definition) is 0. The Hall–Kier alpha value is -1.03. The van der Waals surface area contributed by atoms with Crippen molar-refractivity contribution in [2.24, 2.45) is 0 Å². The van der Waals surface area contributed by atoms with Crippen LogP contribution in [0.2, 0.25) is 0 Å². The molecule has 1 heterocycles. The summed E-state index contributed by atoms with van der Waals surface area (Å²) in [6.45, 7) is 3.14. The summed E-state index contributed by atoms with van der Waals surface area (Å²) in [4.78, 5) is 12.7. The number of rotatable bonds is 2. The van der Waals surface area contributed by atoms with E-state index in [1.165, 1.54) is 13.2 Å². The maximum Gasteiger partial charge on any atom is 0.331 e. The zero-order valence-electron chi connectivity index (χ0n) is 7.16. The lowest BCUT2D eigenvalue weighted by Crippen LogP contribution is -2.32. The normalized spacial score (nSPS) is 18.2. The standard InChI is InChI=1S/C8H13NO3/c1-11-8(10)2-3-9-4-6-12-7-5-9/h2-3H,4-7H2,1H3/b3-2+. The van der Waals surface area contributed by atoms with Gasteiger partial charge < -0.3 is 14.4 Å².